The van der Waals surface area contributed by atoms with Crippen molar-refractivity contribution in [1.29, 1.82) is 0 Å². The number of hydrogen-bond donors (Lipinski definition) is 2. The smallest absolute Gasteiger partial charge is 0.262 e. The average Bonchev–Trinajstić information content (AvgIpc) is 2.60. The molecule has 7 heteroatoms. The van der Waals surface area contributed by atoms with Gasteiger partial charge in [-0.3, -0.25) is 4.79 Å². The fourth-order valence-corrected chi connectivity index (χ4v) is 1.56. The predicted molar refractivity (Wildman–Crippen MR) is 100 cm³/mol. The van der Waals surface area contributed by atoms with E-state index in [2.05, 4.69) is 17.4 Å². The van der Waals surface area contributed by atoms with Crippen molar-refractivity contribution in [2.24, 2.45) is 22.4 Å². The number of amides is 1. The Balaban J connectivity index is -0.000000286. The third-order valence-corrected chi connectivity index (χ3v) is 3.51. The van der Waals surface area contributed by atoms with Crippen molar-refractivity contribution in [2.45, 2.75) is 33.2 Å². The Bertz CT molecular complexity index is 457. The van der Waals surface area contributed by atoms with Gasteiger partial charge in [0.25, 0.3) is 5.91 Å². The largest absolute Gasteiger partial charge is 0.333 e. The van der Waals surface area contributed by atoms with Crippen molar-refractivity contribution >= 4 is 42.6 Å². The molecule has 132 valence electrons. The number of aliphatic imine (C=N–C) groups is 1. The van der Waals surface area contributed by atoms with Gasteiger partial charge in [0.2, 0.25) is 0 Å². The van der Waals surface area contributed by atoms with Gasteiger partial charge in [-0.25, -0.2) is 4.99 Å². The van der Waals surface area contributed by atoms with Gasteiger partial charge >= 0.3 is 0 Å². The van der Waals surface area contributed by atoms with Gasteiger partial charge in [0, 0.05) is 0 Å². The van der Waals surface area contributed by atoms with E-state index in [1.165, 1.54) is 7.05 Å². The number of halogens is 2. The normalized spacial score (nSPS) is 11.1. The van der Waals surface area contributed by atoms with Crippen LogP contribution in [0.4, 0.5) is 0 Å². The van der Waals surface area contributed by atoms with E-state index in [0.717, 1.165) is 12.0 Å². The number of aryl methyl sites for hydroxylation is 1. The predicted octanol–water partition coefficient (Wildman–Crippen LogP) is 3.28. The zero-order chi connectivity index (χ0) is 19.0. The van der Waals surface area contributed by atoms with Gasteiger partial charge in [-0.1, -0.05) is 49.5 Å². The van der Waals surface area contributed by atoms with E-state index in [1.807, 2.05) is 39.7 Å². The number of carbonyl (C=O) groups excluding carboxylic acids is 2. The van der Waals surface area contributed by atoms with Gasteiger partial charge in [0.1, 0.15) is 6.79 Å². The second-order valence-corrected chi connectivity index (χ2v) is 5.14. The molecule has 0 saturated carbocycles. The quantitative estimate of drug-likeness (QED) is 0.804. The summed E-state index contributed by atoms with van der Waals surface area (Å²) in [4.78, 5) is 22.0. The molecule has 0 spiro atoms. The number of benzene rings is 1. The second-order valence-electron chi connectivity index (χ2n) is 4.33. The van der Waals surface area contributed by atoms with Gasteiger partial charge in [0.15, 0.2) is 0 Å². The molecule has 0 aliphatic heterocycles. The highest BCUT2D eigenvalue weighted by Crippen LogP contribution is 2.21. The fourth-order valence-electron chi connectivity index (χ4n) is 1.20. The molecule has 1 amide bonds. The molecule has 0 radical (unpaired) electrons. The Morgan fingerprint density at radius 1 is 1.26 bits per heavy atom. The summed E-state index contributed by atoms with van der Waals surface area (Å²) < 4.78 is 0. The molecule has 4 N–H and O–H groups in total. The van der Waals surface area contributed by atoms with Crippen LogP contribution in [-0.4, -0.2) is 32.5 Å². The Morgan fingerprint density at radius 2 is 1.74 bits per heavy atom. The summed E-state index contributed by atoms with van der Waals surface area (Å²) in [6, 6.07) is 5.08. The summed E-state index contributed by atoms with van der Waals surface area (Å²) in [5.74, 6) is -0.118. The molecule has 1 rings (SSSR count). The lowest BCUT2D eigenvalue weighted by atomic mass is 10.00. The van der Waals surface area contributed by atoms with Crippen LogP contribution in [0.2, 0.25) is 10.0 Å². The molecule has 1 aromatic carbocycles. The summed E-state index contributed by atoms with van der Waals surface area (Å²) in [6.45, 7) is 11.0. The van der Waals surface area contributed by atoms with Crippen LogP contribution in [0.3, 0.4) is 0 Å². The van der Waals surface area contributed by atoms with Gasteiger partial charge in [-0.2, -0.15) is 0 Å². The maximum absolute atomic E-state index is 10.8. The molecule has 1 aromatic rings. The molecule has 5 nitrogen and oxygen atoms in total. The van der Waals surface area contributed by atoms with Crippen LogP contribution in [0.15, 0.2) is 23.2 Å². The maximum Gasteiger partial charge on any atom is 0.262 e. The first kappa shape index (κ1) is 26.6. The van der Waals surface area contributed by atoms with Gasteiger partial charge < -0.3 is 16.3 Å². The van der Waals surface area contributed by atoms with Crippen molar-refractivity contribution < 1.29 is 9.59 Å². The monoisotopic (exact) mass is 363 g/mol. The fraction of sp³-hybridized carbons (Fsp3) is 0.438. The second kappa shape index (κ2) is 17.1. The van der Waals surface area contributed by atoms with Gasteiger partial charge in [-0.15, -0.1) is 0 Å². The molecule has 0 saturated heterocycles. The molecule has 0 fully saturated rings. The molecule has 0 aliphatic carbocycles. The Hall–Kier alpha value is -1.27. The Labute approximate surface area is 149 Å². The standard InChI is InChI=1S/C7H6Cl2.C7H14N2O.CH5N.CH2O/c1-5-2-3-6(8)7(9)4-5;1-4-5(2)6(8)7(10)9-3;2*1-2/h2-4H,1H3;5-6H,3-4,8H2,1-2H3;2H2,1H3;1H2/t;5-,6?;;/m.0../s1. The van der Waals surface area contributed by atoms with E-state index in [1.54, 1.807) is 6.07 Å². The highest BCUT2D eigenvalue weighted by Gasteiger charge is 2.17. The minimum Gasteiger partial charge on any atom is -0.333 e. The molecule has 0 bridgehead atoms. The molecule has 0 aromatic heterocycles. The topological polar surface area (TPSA) is 98.5 Å². The Morgan fingerprint density at radius 3 is 2.04 bits per heavy atom. The van der Waals surface area contributed by atoms with Crippen LogP contribution in [0, 0.1) is 12.8 Å². The summed E-state index contributed by atoms with van der Waals surface area (Å²) in [6.07, 6.45) is 0.891. The number of nitrogens with two attached hydrogens (primary N) is 2. The molecular formula is C16H27Cl2N3O2. The lowest BCUT2D eigenvalue weighted by Crippen LogP contribution is -2.35. The van der Waals surface area contributed by atoms with Gasteiger partial charge in [-0.05, 0) is 44.3 Å². The summed E-state index contributed by atoms with van der Waals surface area (Å²) in [5, 5.41) is 1.24. The van der Waals surface area contributed by atoms with Crippen molar-refractivity contribution in [2.75, 3.05) is 7.05 Å². The minimum atomic E-state index is -0.470. The molecule has 23 heavy (non-hydrogen) atoms. The molecule has 0 heterocycles. The molecule has 0 aliphatic rings. The van der Waals surface area contributed by atoms with Crippen molar-refractivity contribution in [3.8, 4) is 0 Å². The van der Waals surface area contributed by atoms with Crippen LogP contribution < -0.4 is 11.5 Å². The Kier molecular flexibility index (Phi) is 19.8. The zero-order valence-electron chi connectivity index (χ0n) is 14.2. The highest BCUT2D eigenvalue weighted by atomic mass is 35.5. The third kappa shape index (κ3) is 12.9. The first-order chi connectivity index (χ1) is 10.8. The van der Waals surface area contributed by atoms with Crippen molar-refractivity contribution in [1.82, 2.24) is 0 Å². The van der Waals surface area contributed by atoms with Crippen molar-refractivity contribution in [3.05, 3.63) is 33.8 Å². The summed E-state index contributed by atoms with van der Waals surface area (Å²) in [5.41, 5.74) is 11.1. The molecule has 1 unspecified atom stereocenters. The van der Waals surface area contributed by atoms with Crippen LogP contribution in [0.1, 0.15) is 25.8 Å². The van der Waals surface area contributed by atoms with Crippen LogP contribution in [0.5, 0.6) is 0 Å². The summed E-state index contributed by atoms with van der Waals surface area (Å²) in [7, 11) is 1.50. The number of hydrogen-bond acceptors (Lipinski definition) is 4. The van der Waals surface area contributed by atoms with E-state index in [9.17, 15) is 4.79 Å². The van der Waals surface area contributed by atoms with E-state index in [4.69, 9.17) is 33.7 Å². The van der Waals surface area contributed by atoms with E-state index in [0.29, 0.717) is 10.0 Å². The highest BCUT2D eigenvalue weighted by molar-refractivity contribution is 6.41. The van der Waals surface area contributed by atoms with Crippen LogP contribution in [-0.2, 0) is 9.59 Å². The lowest BCUT2D eigenvalue weighted by Gasteiger charge is -2.13. The lowest BCUT2D eigenvalue weighted by molar-refractivity contribution is -0.119. The van der Waals surface area contributed by atoms with E-state index in [-0.39, 0.29) is 11.8 Å². The first-order valence-electron chi connectivity index (χ1n) is 6.87. The average molecular weight is 364 g/mol. The van der Waals surface area contributed by atoms with E-state index >= 15 is 0 Å². The SMILES string of the molecule is C=NC(=O)C(N)[C@@H](C)CC.C=O.CN.Cc1ccc(Cl)c(Cl)c1. The minimum absolute atomic E-state index is 0.193. The third-order valence-electron chi connectivity index (χ3n) is 2.77. The maximum atomic E-state index is 10.8. The molecular weight excluding hydrogens is 337 g/mol. The van der Waals surface area contributed by atoms with Crippen LogP contribution >= 0.6 is 23.2 Å². The molecule has 2 atom stereocenters. The first-order valence-corrected chi connectivity index (χ1v) is 7.63. The van der Waals surface area contributed by atoms with Crippen LogP contribution in [0.25, 0.3) is 0 Å². The van der Waals surface area contributed by atoms with Gasteiger partial charge in [0.05, 0.1) is 16.1 Å². The van der Waals surface area contributed by atoms with E-state index < -0.39 is 6.04 Å². The number of nitrogens with zero attached hydrogens (tertiary/aromatic N) is 1. The summed E-state index contributed by atoms with van der Waals surface area (Å²) >= 11 is 11.3. The zero-order valence-corrected chi connectivity index (χ0v) is 15.7. The number of rotatable bonds is 3. The van der Waals surface area contributed by atoms with Crippen molar-refractivity contribution in [3.63, 3.8) is 0 Å². The number of carbonyl (C=O) groups is 2.